The average molecular weight is 345 g/mol. The zero-order valence-corrected chi connectivity index (χ0v) is 14.4. The largest absolute Gasteiger partial charge is 0.394 e. The Morgan fingerprint density at radius 1 is 1.08 bits per heavy atom. The fourth-order valence-electron chi connectivity index (χ4n) is 2.88. The Bertz CT molecular complexity index is 389. The number of carbonyl (C=O) groups is 1. The number of hydrogen-bond acceptors (Lipinski definition) is 6. The van der Waals surface area contributed by atoms with Crippen molar-refractivity contribution in [2.24, 2.45) is 0 Å². The van der Waals surface area contributed by atoms with Gasteiger partial charge in [0.05, 0.1) is 6.61 Å². The van der Waals surface area contributed by atoms with E-state index >= 15 is 0 Å². The maximum atomic E-state index is 12.1. The zero-order valence-electron chi connectivity index (χ0n) is 14.4. The van der Waals surface area contributed by atoms with E-state index in [4.69, 9.17) is 4.74 Å². The van der Waals surface area contributed by atoms with Gasteiger partial charge in [0.15, 0.2) is 6.23 Å². The molecule has 1 amide bonds. The van der Waals surface area contributed by atoms with Crippen LogP contribution in [0.4, 0.5) is 0 Å². The number of ether oxygens (including phenoxy) is 1. The molecule has 0 spiro atoms. The van der Waals surface area contributed by atoms with Gasteiger partial charge in [-0.1, -0.05) is 45.6 Å². The molecule has 0 saturated carbocycles. The van der Waals surface area contributed by atoms with E-state index in [2.05, 4.69) is 13.5 Å². The lowest BCUT2D eigenvalue weighted by molar-refractivity contribution is -0.261. The summed E-state index contributed by atoms with van der Waals surface area (Å²) in [6.45, 7) is 5.42. The van der Waals surface area contributed by atoms with Crippen molar-refractivity contribution in [2.45, 2.75) is 76.1 Å². The van der Waals surface area contributed by atoms with Gasteiger partial charge in [-0.15, -0.1) is 0 Å². The highest BCUT2D eigenvalue weighted by molar-refractivity contribution is 5.87. The Balaban J connectivity index is 2.68. The van der Waals surface area contributed by atoms with E-state index in [1.54, 1.807) is 0 Å². The van der Waals surface area contributed by atoms with Crippen LogP contribution in [0, 0.1) is 0 Å². The van der Waals surface area contributed by atoms with Crippen LogP contribution in [0.3, 0.4) is 0 Å². The second-order valence-electron chi connectivity index (χ2n) is 6.22. The first-order valence-electron chi connectivity index (χ1n) is 8.71. The monoisotopic (exact) mass is 345 g/mol. The number of carbonyl (C=O) groups excluding carboxylic acids is 1. The summed E-state index contributed by atoms with van der Waals surface area (Å²) in [4.78, 5) is 13.4. The standard InChI is InChI=1S/C17H31NO6/c1-3-5-6-7-8-9-10-18(13(20)4-2)17-16(23)15(22)14(21)12(11-19)24-17/h4,12,14-17,19,21-23H,2-3,5-11H2,1H3/t12-,14-,15+,16-,17-/m1/s1. The van der Waals surface area contributed by atoms with Crippen LogP contribution < -0.4 is 0 Å². The normalized spacial score (nSPS) is 30.1. The number of unbranched alkanes of at least 4 members (excludes halogenated alkanes) is 5. The minimum atomic E-state index is -1.49. The van der Waals surface area contributed by atoms with Crippen molar-refractivity contribution in [3.63, 3.8) is 0 Å². The van der Waals surface area contributed by atoms with Gasteiger partial charge in [-0.2, -0.15) is 0 Å². The molecular weight excluding hydrogens is 314 g/mol. The summed E-state index contributed by atoms with van der Waals surface area (Å²) in [7, 11) is 0. The third kappa shape index (κ3) is 5.53. The Kier molecular flexibility index (Phi) is 9.46. The van der Waals surface area contributed by atoms with Gasteiger partial charge in [0.2, 0.25) is 5.91 Å². The molecule has 7 heteroatoms. The lowest BCUT2D eigenvalue weighted by Crippen LogP contribution is -2.64. The SMILES string of the molecule is C=CC(=O)N(CCCCCCCC)[C@@H]1O[C@H](CO)[C@@H](O)[C@H](O)[C@H]1O. The van der Waals surface area contributed by atoms with Crippen LogP contribution in [-0.4, -0.2) is 75.0 Å². The number of aliphatic hydroxyl groups excluding tert-OH is 4. The minimum absolute atomic E-state index is 0.347. The zero-order chi connectivity index (χ0) is 18.1. The van der Waals surface area contributed by atoms with Crippen LogP contribution in [-0.2, 0) is 9.53 Å². The van der Waals surface area contributed by atoms with Crippen molar-refractivity contribution in [1.29, 1.82) is 0 Å². The molecule has 140 valence electrons. The van der Waals surface area contributed by atoms with Crippen LogP contribution in [0.2, 0.25) is 0 Å². The lowest BCUT2D eigenvalue weighted by atomic mass is 9.97. The summed E-state index contributed by atoms with van der Waals surface area (Å²) in [5.41, 5.74) is 0. The summed E-state index contributed by atoms with van der Waals surface area (Å²) in [6, 6.07) is 0. The predicted octanol–water partition coefficient (Wildman–Crippen LogP) is 0.161. The van der Waals surface area contributed by atoms with E-state index in [1.807, 2.05) is 0 Å². The number of nitrogens with zero attached hydrogens (tertiary/aromatic N) is 1. The summed E-state index contributed by atoms with van der Waals surface area (Å²) in [6.07, 6.45) is 0.821. The third-order valence-corrected chi connectivity index (χ3v) is 4.38. The van der Waals surface area contributed by atoms with Crippen molar-refractivity contribution in [3.8, 4) is 0 Å². The van der Waals surface area contributed by atoms with Gasteiger partial charge >= 0.3 is 0 Å². The van der Waals surface area contributed by atoms with Crippen molar-refractivity contribution in [3.05, 3.63) is 12.7 Å². The summed E-state index contributed by atoms with van der Waals surface area (Å²) in [5.74, 6) is -0.423. The lowest BCUT2D eigenvalue weighted by Gasteiger charge is -2.44. The number of rotatable bonds is 10. The van der Waals surface area contributed by atoms with Crippen LogP contribution in [0.25, 0.3) is 0 Å². The first kappa shape index (κ1) is 21.1. The maximum Gasteiger partial charge on any atom is 0.248 e. The maximum absolute atomic E-state index is 12.1. The molecule has 1 aliphatic heterocycles. The summed E-state index contributed by atoms with van der Waals surface area (Å²) >= 11 is 0. The molecule has 7 nitrogen and oxygen atoms in total. The average Bonchev–Trinajstić information content (AvgIpc) is 2.59. The van der Waals surface area contributed by atoms with Crippen LogP contribution >= 0.6 is 0 Å². The molecule has 0 aliphatic carbocycles. The van der Waals surface area contributed by atoms with Crippen molar-refractivity contribution < 1.29 is 30.0 Å². The van der Waals surface area contributed by atoms with Gasteiger partial charge in [0.25, 0.3) is 0 Å². The highest BCUT2D eigenvalue weighted by Gasteiger charge is 2.46. The Morgan fingerprint density at radius 3 is 2.29 bits per heavy atom. The molecule has 5 atom stereocenters. The first-order chi connectivity index (χ1) is 11.5. The molecule has 0 aromatic carbocycles. The number of amides is 1. The summed E-state index contributed by atoms with van der Waals surface area (Å²) < 4.78 is 5.46. The minimum Gasteiger partial charge on any atom is -0.394 e. The molecule has 1 rings (SSSR count). The molecule has 1 aliphatic rings. The van der Waals surface area contributed by atoms with E-state index in [-0.39, 0.29) is 0 Å². The predicted molar refractivity (Wildman–Crippen MR) is 89.1 cm³/mol. The van der Waals surface area contributed by atoms with Crippen LogP contribution in [0.1, 0.15) is 45.4 Å². The summed E-state index contributed by atoms with van der Waals surface area (Å²) in [5, 5.41) is 39.1. The first-order valence-corrected chi connectivity index (χ1v) is 8.71. The molecule has 1 fully saturated rings. The van der Waals surface area contributed by atoms with Crippen molar-refractivity contribution in [2.75, 3.05) is 13.2 Å². The van der Waals surface area contributed by atoms with Crippen molar-refractivity contribution >= 4 is 5.91 Å². The molecular formula is C17H31NO6. The molecule has 0 unspecified atom stereocenters. The Morgan fingerprint density at radius 2 is 1.71 bits per heavy atom. The Hall–Kier alpha value is -0.990. The van der Waals surface area contributed by atoms with Gasteiger partial charge in [0.1, 0.15) is 24.4 Å². The van der Waals surface area contributed by atoms with Gasteiger partial charge in [0, 0.05) is 6.54 Å². The molecule has 0 aromatic heterocycles. The molecule has 0 aromatic rings. The number of aliphatic hydroxyl groups is 4. The van der Waals surface area contributed by atoms with E-state index in [1.165, 1.54) is 11.3 Å². The van der Waals surface area contributed by atoms with Gasteiger partial charge in [-0.05, 0) is 12.5 Å². The van der Waals surface area contributed by atoms with Crippen LogP contribution in [0.5, 0.6) is 0 Å². The molecule has 1 heterocycles. The molecule has 24 heavy (non-hydrogen) atoms. The smallest absolute Gasteiger partial charge is 0.248 e. The molecule has 1 saturated heterocycles. The Labute approximate surface area is 143 Å². The third-order valence-electron chi connectivity index (χ3n) is 4.38. The van der Waals surface area contributed by atoms with E-state index < -0.39 is 43.2 Å². The van der Waals surface area contributed by atoms with Crippen LogP contribution in [0.15, 0.2) is 12.7 Å². The molecule has 4 N–H and O–H groups in total. The molecule has 0 radical (unpaired) electrons. The number of hydrogen-bond donors (Lipinski definition) is 4. The topological polar surface area (TPSA) is 110 Å². The highest BCUT2D eigenvalue weighted by atomic mass is 16.6. The second kappa shape index (κ2) is 10.8. The van der Waals surface area contributed by atoms with E-state index in [9.17, 15) is 25.2 Å². The van der Waals surface area contributed by atoms with E-state index in [0.717, 1.165) is 38.2 Å². The van der Waals surface area contributed by atoms with Gasteiger partial charge < -0.3 is 30.1 Å². The fraction of sp³-hybridized carbons (Fsp3) is 0.824. The highest BCUT2D eigenvalue weighted by Crippen LogP contribution is 2.24. The van der Waals surface area contributed by atoms with Gasteiger partial charge in [-0.25, -0.2) is 0 Å². The second-order valence-corrected chi connectivity index (χ2v) is 6.22. The van der Waals surface area contributed by atoms with E-state index in [0.29, 0.717) is 6.54 Å². The van der Waals surface area contributed by atoms with Gasteiger partial charge in [-0.3, -0.25) is 4.79 Å². The quantitative estimate of drug-likeness (QED) is 0.332. The van der Waals surface area contributed by atoms with Crippen molar-refractivity contribution in [1.82, 2.24) is 4.90 Å². The molecule has 0 bridgehead atoms. The fourth-order valence-corrected chi connectivity index (χ4v) is 2.88.